The van der Waals surface area contributed by atoms with Crippen molar-refractivity contribution >= 4 is 11.6 Å². The summed E-state index contributed by atoms with van der Waals surface area (Å²) >= 11 is 0. The maximum atomic E-state index is 12.4. The molecule has 138 valence electrons. The lowest BCUT2D eigenvalue weighted by atomic mass is 10.1. The van der Waals surface area contributed by atoms with E-state index in [-0.39, 0.29) is 22.7 Å². The van der Waals surface area contributed by atoms with Gasteiger partial charge in [0, 0.05) is 38.8 Å². The molecule has 1 aromatic carbocycles. The van der Waals surface area contributed by atoms with E-state index in [9.17, 15) is 14.9 Å². The van der Waals surface area contributed by atoms with Gasteiger partial charge in [0.2, 0.25) is 0 Å². The minimum absolute atomic E-state index is 0.0372. The second kappa shape index (κ2) is 9.19. The number of nitro benzene ring substituents is 1. The molecule has 1 aliphatic rings. The van der Waals surface area contributed by atoms with Gasteiger partial charge in [-0.05, 0) is 13.0 Å². The molecule has 1 fully saturated rings. The van der Waals surface area contributed by atoms with E-state index < -0.39 is 10.8 Å². The Bertz CT molecular complexity index is 617. The van der Waals surface area contributed by atoms with Crippen LogP contribution in [0, 0.1) is 10.1 Å². The summed E-state index contributed by atoms with van der Waals surface area (Å²) in [6.07, 6.45) is 0.785. The first-order valence-electron chi connectivity index (χ1n) is 8.18. The summed E-state index contributed by atoms with van der Waals surface area (Å²) in [5, 5.41) is 17.3. The van der Waals surface area contributed by atoms with Gasteiger partial charge in [0.15, 0.2) is 11.5 Å². The summed E-state index contributed by atoms with van der Waals surface area (Å²) in [7, 11) is 2.80. The first kappa shape index (κ1) is 18.9. The third-order valence-electron chi connectivity index (χ3n) is 4.09. The maximum absolute atomic E-state index is 12.4. The Labute approximate surface area is 146 Å². The van der Waals surface area contributed by atoms with Crippen molar-refractivity contribution in [3.8, 4) is 11.5 Å². The second-order valence-electron chi connectivity index (χ2n) is 5.68. The van der Waals surface area contributed by atoms with E-state index in [0.29, 0.717) is 6.54 Å². The van der Waals surface area contributed by atoms with Crippen LogP contribution >= 0.6 is 0 Å². The number of ether oxygens (including phenoxy) is 2. The van der Waals surface area contributed by atoms with E-state index >= 15 is 0 Å². The standard InChI is InChI=1S/C16H24N4O5/c1-24-14-10-12(13(20(22)23)11-15(14)25-2)16(21)18-4-3-7-19-8-5-17-6-9-19/h10-11,17H,3-9H2,1-2H3,(H,18,21). The van der Waals surface area contributed by atoms with Crippen LogP contribution < -0.4 is 20.1 Å². The number of nitro groups is 1. The molecule has 0 aromatic heterocycles. The Balaban J connectivity index is 1.98. The van der Waals surface area contributed by atoms with E-state index in [1.165, 1.54) is 26.4 Å². The molecule has 1 aliphatic heterocycles. The quantitative estimate of drug-likeness (QED) is 0.402. The van der Waals surface area contributed by atoms with Crippen molar-refractivity contribution in [1.29, 1.82) is 0 Å². The highest BCUT2D eigenvalue weighted by Gasteiger charge is 2.24. The largest absolute Gasteiger partial charge is 0.493 e. The van der Waals surface area contributed by atoms with E-state index in [0.717, 1.165) is 39.1 Å². The number of rotatable bonds is 8. The highest BCUT2D eigenvalue weighted by molar-refractivity contribution is 5.99. The van der Waals surface area contributed by atoms with Crippen molar-refractivity contribution in [2.24, 2.45) is 0 Å². The van der Waals surface area contributed by atoms with Gasteiger partial charge in [-0.15, -0.1) is 0 Å². The highest BCUT2D eigenvalue weighted by Crippen LogP contribution is 2.34. The molecule has 1 heterocycles. The van der Waals surface area contributed by atoms with Crippen molar-refractivity contribution in [2.45, 2.75) is 6.42 Å². The van der Waals surface area contributed by atoms with Gasteiger partial charge in [0.25, 0.3) is 11.6 Å². The fourth-order valence-electron chi connectivity index (χ4n) is 2.74. The summed E-state index contributed by atoms with van der Waals surface area (Å²) < 4.78 is 10.2. The zero-order chi connectivity index (χ0) is 18.2. The third kappa shape index (κ3) is 5.04. The van der Waals surface area contributed by atoms with Crippen LogP contribution in [-0.2, 0) is 0 Å². The van der Waals surface area contributed by atoms with Crippen LogP contribution in [-0.4, -0.2) is 69.2 Å². The molecule has 0 unspecified atom stereocenters. The lowest BCUT2D eigenvalue weighted by Crippen LogP contribution is -2.44. The van der Waals surface area contributed by atoms with Crippen molar-refractivity contribution < 1.29 is 19.2 Å². The Kier molecular flexibility index (Phi) is 6.96. The molecule has 1 saturated heterocycles. The topological polar surface area (TPSA) is 106 Å². The maximum Gasteiger partial charge on any atom is 0.286 e. The molecule has 25 heavy (non-hydrogen) atoms. The Morgan fingerprint density at radius 2 is 1.92 bits per heavy atom. The van der Waals surface area contributed by atoms with Crippen LogP contribution in [0.25, 0.3) is 0 Å². The van der Waals surface area contributed by atoms with Gasteiger partial charge in [-0.2, -0.15) is 0 Å². The molecule has 1 aromatic rings. The molecular formula is C16H24N4O5. The van der Waals surface area contributed by atoms with Crippen molar-refractivity contribution in [2.75, 3.05) is 53.5 Å². The summed E-state index contributed by atoms with van der Waals surface area (Å²) in [6.45, 7) is 5.28. The summed E-state index contributed by atoms with van der Waals surface area (Å²) in [6, 6.07) is 2.54. The van der Waals surface area contributed by atoms with Crippen LogP contribution in [0.4, 0.5) is 5.69 Å². The van der Waals surface area contributed by atoms with Gasteiger partial charge in [-0.3, -0.25) is 14.9 Å². The number of amides is 1. The summed E-state index contributed by atoms with van der Waals surface area (Å²) in [5.41, 5.74) is -0.345. The molecule has 0 spiro atoms. The Hall–Kier alpha value is -2.39. The molecule has 9 heteroatoms. The van der Waals surface area contributed by atoms with Gasteiger partial charge >= 0.3 is 0 Å². The van der Waals surface area contributed by atoms with Crippen LogP contribution in [0.1, 0.15) is 16.8 Å². The van der Waals surface area contributed by atoms with Gasteiger partial charge in [-0.25, -0.2) is 0 Å². The monoisotopic (exact) mass is 352 g/mol. The van der Waals surface area contributed by atoms with E-state index in [4.69, 9.17) is 9.47 Å². The lowest BCUT2D eigenvalue weighted by molar-refractivity contribution is -0.385. The number of hydrogen-bond donors (Lipinski definition) is 2. The number of nitrogens with one attached hydrogen (secondary N) is 2. The minimum Gasteiger partial charge on any atom is -0.493 e. The number of piperazine rings is 1. The zero-order valence-electron chi connectivity index (χ0n) is 14.5. The highest BCUT2D eigenvalue weighted by atomic mass is 16.6. The zero-order valence-corrected chi connectivity index (χ0v) is 14.5. The molecule has 2 N–H and O–H groups in total. The van der Waals surface area contributed by atoms with Gasteiger partial charge in [0.05, 0.1) is 25.2 Å². The second-order valence-corrected chi connectivity index (χ2v) is 5.68. The number of methoxy groups -OCH3 is 2. The van der Waals surface area contributed by atoms with Gasteiger partial charge in [0.1, 0.15) is 5.56 Å². The molecule has 0 saturated carbocycles. The summed E-state index contributed by atoms with van der Waals surface area (Å²) in [5.74, 6) is -0.00325. The van der Waals surface area contributed by atoms with E-state index in [1.54, 1.807) is 0 Å². The van der Waals surface area contributed by atoms with Gasteiger partial charge in [-0.1, -0.05) is 0 Å². The summed E-state index contributed by atoms with van der Waals surface area (Å²) in [4.78, 5) is 25.3. The van der Waals surface area contributed by atoms with Crippen LogP contribution in [0.15, 0.2) is 12.1 Å². The van der Waals surface area contributed by atoms with E-state index in [1.807, 2.05) is 0 Å². The average Bonchev–Trinajstić information content (AvgIpc) is 2.64. The molecule has 0 atom stereocenters. The fourth-order valence-corrected chi connectivity index (χ4v) is 2.74. The number of carbonyl (C=O) groups excluding carboxylic acids is 1. The predicted octanol–water partition coefficient (Wildman–Crippen LogP) is 0.637. The number of benzene rings is 1. The smallest absolute Gasteiger partial charge is 0.286 e. The normalized spacial score (nSPS) is 14.8. The van der Waals surface area contributed by atoms with Crippen molar-refractivity contribution in [1.82, 2.24) is 15.5 Å². The number of hydrogen-bond acceptors (Lipinski definition) is 7. The predicted molar refractivity (Wildman–Crippen MR) is 92.5 cm³/mol. The molecule has 0 radical (unpaired) electrons. The molecule has 9 nitrogen and oxygen atoms in total. The third-order valence-corrected chi connectivity index (χ3v) is 4.09. The molecule has 0 bridgehead atoms. The van der Waals surface area contributed by atoms with Crippen molar-refractivity contribution in [3.63, 3.8) is 0 Å². The molecule has 0 aliphatic carbocycles. The fraction of sp³-hybridized carbons (Fsp3) is 0.562. The molecule has 2 rings (SSSR count). The first-order valence-corrected chi connectivity index (χ1v) is 8.18. The molecular weight excluding hydrogens is 328 g/mol. The number of nitrogens with zero attached hydrogens (tertiary/aromatic N) is 2. The Morgan fingerprint density at radius 1 is 1.28 bits per heavy atom. The SMILES string of the molecule is COc1cc(C(=O)NCCCN2CCNCC2)c([N+](=O)[O-])cc1OC. The minimum atomic E-state index is -0.600. The Morgan fingerprint density at radius 3 is 2.52 bits per heavy atom. The van der Waals surface area contributed by atoms with Crippen LogP contribution in [0.5, 0.6) is 11.5 Å². The van der Waals surface area contributed by atoms with Crippen LogP contribution in [0.3, 0.4) is 0 Å². The van der Waals surface area contributed by atoms with Crippen molar-refractivity contribution in [3.05, 3.63) is 27.8 Å². The first-order chi connectivity index (χ1) is 12.1. The van der Waals surface area contributed by atoms with Crippen LogP contribution in [0.2, 0.25) is 0 Å². The van der Waals surface area contributed by atoms with Gasteiger partial charge < -0.3 is 25.0 Å². The average molecular weight is 352 g/mol. The number of carbonyl (C=O) groups is 1. The lowest BCUT2D eigenvalue weighted by Gasteiger charge is -2.27. The molecule has 1 amide bonds. The van der Waals surface area contributed by atoms with E-state index in [2.05, 4.69) is 15.5 Å².